The van der Waals surface area contributed by atoms with E-state index >= 15 is 0 Å². The summed E-state index contributed by atoms with van der Waals surface area (Å²) in [5, 5.41) is 8.30. The average molecular weight is 663 g/mol. The molecule has 0 radical (unpaired) electrons. The molecule has 11 rings (SSSR count). The van der Waals surface area contributed by atoms with Gasteiger partial charge in [-0.05, 0) is 64.4 Å². The molecule has 0 bridgehead atoms. The van der Waals surface area contributed by atoms with Crippen molar-refractivity contribution in [3.63, 3.8) is 0 Å². The van der Waals surface area contributed by atoms with Crippen LogP contribution in [0, 0.1) is 0 Å². The van der Waals surface area contributed by atoms with Gasteiger partial charge in [0.25, 0.3) is 0 Å². The lowest BCUT2D eigenvalue weighted by Gasteiger charge is -2.13. The molecule has 0 spiro atoms. The van der Waals surface area contributed by atoms with Crippen LogP contribution in [0.5, 0.6) is 0 Å². The predicted molar refractivity (Wildman–Crippen MR) is 217 cm³/mol. The van der Waals surface area contributed by atoms with Crippen LogP contribution >= 0.6 is 0 Å². The van der Waals surface area contributed by atoms with Crippen molar-refractivity contribution in [2.24, 2.45) is 0 Å². The van der Waals surface area contributed by atoms with Crippen molar-refractivity contribution in [3.05, 3.63) is 182 Å². The molecule has 8 aromatic carbocycles. The molecule has 0 aliphatic carbocycles. The van der Waals surface area contributed by atoms with E-state index in [2.05, 4.69) is 191 Å². The molecule has 0 aliphatic heterocycles. The highest BCUT2D eigenvalue weighted by molar-refractivity contribution is 6.22. The summed E-state index contributed by atoms with van der Waals surface area (Å²) in [6.07, 6.45) is 0. The predicted octanol–water partition coefficient (Wildman–Crippen LogP) is 12.3. The number of rotatable bonds is 4. The van der Waals surface area contributed by atoms with Crippen LogP contribution in [0.15, 0.2) is 182 Å². The standard InChI is InChI=1S/C48H30N4/c1-2-12-31(13-3-1)32-22-24-34(25-23-32)47-38-16-4-8-18-41(38)49-48(50-47)52-44-21-11-7-17-39(44)46-40-30-35(28-26-33(40)27-29-45(46)52)51-42-19-9-5-14-36(42)37-15-6-10-20-43(37)51/h1-30H. The summed E-state index contributed by atoms with van der Waals surface area (Å²) in [6, 6.07) is 64.9. The van der Waals surface area contributed by atoms with Gasteiger partial charge in [0, 0.05) is 38.2 Å². The van der Waals surface area contributed by atoms with Gasteiger partial charge < -0.3 is 4.57 Å². The molecule has 3 heterocycles. The third-order valence-electron chi connectivity index (χ3n) is 10.5. The molecule has 0 saturated carbocycles. The fourth-order valence-corrected chi connectivity index (χ4v) is 8.17. The highest BCUT2D eigenvalue weighted by Gasteiger charge is 2.20. The molecule has 4 nitrogen and oxygen atoms in total. The number of hydrogen-bond acceptors (Lipinski definition) is 2. The Kier molecular flexibility index (Phi) is 6.22. The van der Waals surface area contributed by atoms with E-state index in [-0.39, 0.29) is 0 Å². The molecule has 0 amide bonds. The van der Waals surface area contributed by atoms with Crippen LogP contribution in [0.1, 0.15) is 0 Å². The maximum atomic E-state index is 5.37. The summed E-state index contributed by atoms with van der Waals surface area (Å²) in [5.74, 6) is 0.657. The molecule has 0 aliphatic rings. The molecule has 0 fully saturated rings. The Hall–Kier alpha value is -7.04. The lowest BCUT2D eigenvalue weighted by atomic mass is 10.0. The lowest BCUT2D eigenvalue weighted by Crippen LogP contribution is -2.03. The van der Waals surface area contributed by atoms with E-state index in [1.54, 1.807) is 0 Å². The molecule has 4 heteroatoms. The molecule has 0 unspecified atom stereocenters. The third kappa shape index (κ3) is 4.28. The van der Waals surface area contributed by atoms with Crippen molar-refractivity contribution < 1.29 is 0 Å². The van der Waals surface area contributed by atoms with Gasteiger partial charge in [0.1, 0.15) is 0 Å². The smallest absolute Gasteiger partial charge is 0.235 e. The SMILES string of the molecule is c1ccc(-c2ccc(-c3nc(-n4c5ccccc5c5c6cc(-n7c8ccccc8c8ccccc87)ccc6ccc54)nc4ccccc34)cc2)cc1. The summed E-state index contributed by atoms with van der Waals surface area (Å²) < 4.78 is 4.63. The number of nitrogens with zero attached hydrogens (tertiary/aromatic N) is 4. The van der Waals surface area contributed by atoms with Crippen LogP contribution in [0.2, 0.25) is 0 Å². The normalized spacial score (nSPS) is 11.8. The molecule has 0 atom stereocenters. The Morgan fingerprint density at radius 1 is 0.346 bits per heavy atom. The lowest BCUT2D eigenvalue weighted by molar-refractivity contribution is 1.01. The molecule has 11 aromatic rings. The molecule has 242 valence electrons. The molecule has 52 heavy (non-hydrogen) atoms. The number of hydrogen-bond donors (Lipinski definition) is 0. The van der Waals surface area contributed by atoms with Crippen LogP contribution in [0.3, 0.4) is 0 Å². The number of fused-ring (bicyclic) bond motifs is 9. The van der Waals surface area contributed by atoms with Crippen LogP contribution < -0.4 is 0 Å². The first kappa shape index (κ1) is 28.8. The van der Waals surface area contributed by atoms with Crippen LogP contribution in [0.4, 0.5) is 0 Å². The third-order valence-corrected chi connectivity index (χ3v) is 10.5. The molecular weight excluding hydrogens is 633 g/mol. The molecule has 0 saturated heterocycles. The number of aromatic nitrogens is 4. The van der Waals surface area contributed by atoms with Crippen LogP contribution in [-0.4, -0.2) is 19.1 Å². The largest absolute Gasteiger partial charge is 0.309 e. The van der Waals surface area contributed by atoms with E-state index in [1.165, 1.54) is 54.5 Å². The van der Waals surface area contributed by atoms with E-state index in [9.17, 15) is 0 Å². The van der Waals surface area contributed by atoms with Gasteiger partial charge in [0.2, 0.25) is 5.95 Å². The zero-order valence-corrected chi connectivity index (χ0v) is 28.1. The Morgan fingerprint density at radius 2 is 0.904 bits per heavy atom. The Bertz CT molecular complexity index is 3120. The zero-order valence-electron chi connectivity index (χ0n) is 28.1. The minimum absolute atomic E-state index is 0.657. The fourth-order valence-electron chi connectivity index (χ4n) is 8.17. The van der Waals surface area contributed by atoms with Crippen LogP contribution in [0.25, 0.3) is 99.3 Å². The Labute approximate surface area is 299 Å². The van der Waals surface area contributed by atoms with Gasteiger partial charge in [-0.1, -0.05) is 140 Å². The molecule has 3 aromatic heterocycles. The van der Waals surface area contributed by atoms with Crippen molar-refractivity contribution >= 4 is 65.3 Å². The Balaban J connectivity index is 1.15. The second-order valence-electron chi connectivity index (χ2n) is 13.4. The van der Waals surface area contributed by atoms with Gasteiger partial charge in [-0.2, -0.15) is 0 Å². The Morgan fingerprint density at radius 3 is 1.63 bits per heavy atom. The fraction of sp³-hybridized carbons (Fsp3) is 0. The van der Waals surface area contributed by atoms with Crippen molar-refractivity contribution in [1.29, 1.82) is 0 Å². The monoisotopic (exact) mass is 662 g/mol. The van der Waals surface area contributed by atoms with E-state index < -0.39 is 0 Å². The van der Waals surface area contributed by atoms with E-state index in [0.29, 0.717) is 5.95 Å². The quantitative estimate of drug-likeness (QED) is 0.188. The van der Waals surface area contributed by atoms with Gasteiger partial charge in [-0.3, -0.25) is 4.57 Å². The van der Waals surface area contributed by atoms with Crippen molar-refractivity contribution in [2.75, 3.05) is 0 Å². The van der Waals surface area contributed by atoms with Gasteiger partial charge in [-0.15, -0.1) is 0 Å². The van der Waals surface area contributed by atoms with Gasteiger partial charge in [-0.25, -0.2) is 9.97 Å². The summed E-state index contributed by atoms with van der Waals surface area (Å²) >= 11 is 0. The van der Waals surface area contributed by atoms with Gasteiger partial charge in [0.05, 0.1) is 33.3 Å². The van der Waals surface area contributed by atoms with Crippen LogP contribution in [-0.2, 0) is 0 Å². The minimum Gasteiger partial charge on any atom is -0.309 e. The van der Waals surface area contributed by atoms with Gasteiger partial charge in [0.15, 0.2) is 0 Å². The van der Waals surface area contributed by atoms with E-state index in [0.717, 1.165) is 38.9 Å². The average Bonchev–Trinajstić information content (AvgIpc) is 3.74. The molecule has 0 N–H and O–H groups in total. The first-order chi connectivity index (χ1) is 25.8. The first-order valence-corrected chi connectivity index (χ1v) is 17.7. The summed E-state index contributed by atoms with van der Waals surface area (Å²) in [4.78, 5) is 10.6. The zero-order chi connectivity index (χ0) is 34.2. The van der Waals surface area contributed by atoms with Crippen molar-refractivity contribution in [2.45, 2.75) is 0 Å². The minimum atomic E-state index is 0.657. The van der Waals surface area contributed by atoms with Gasteiger partial charge >= 0.3 is 0 Å². The maximum absolute atomic E-state index is 5.37. The second kappa shape index (κ2) is 11.2. The summed E-state index contributed by atoms with van der Waals surface area (Å²) in [5.41, 5.74) is 11.0. The highest BCUT2D eigenvalue weighted by atomic mass is 15.2. The second-order valence-corrected chi connectivity index (χ2v) is 13.4. The first-order valence-electron chi connectivity index (χ1n) is 17.7. The van der Waals surface area contributed by atoms with E-state index in [4.69, 9.17) is 9.97 Å². The topological polar surface area (TPSA) is 35.6 Å². The van der Waals surface area contributed by atoms with Crippen molar-refractivity contribution in [3.8, 4) is 34.0 Å². The number of benzene rings is 8. The number of para-hydroxylation sites is 4. The molecular formula is C48H30N4. The summed E-state index contributed by atoms with van der Waals surface area (Å²) in [7, 11) is 0. The summed E-state index contributed by atoms with van der Waals surface area (Å²) in [6.45, 7) is 0. The maximum Gasteiger partial charge on any atom is 0.235 e. The van der Waals surface area contributed by atoms with E-state index in [1.807, 2.05) is 0 Å². The van der Waals surface area contributed by atoms with Crippen molar-refractivity contribution in [1.82, 2.24) is 19.1 Å². The highest BCUT2D eigenvalue weighted by Crippen LogP contribution is 2.39.